The van der Waals surface area contributed by atoms with Crippen LogP contribution in [-0.4, -0.2) is 97.5 Å². The normalized spacial score (nSPS) is 19.9. The van der Waals surface area contributed by atoms with Crippen molar-refractivity contribution < 1.29 is 56.2 Å². The number of hydrogen-bond donors (Lipinski definition) is 4. The van der Waals surface area contributed by atoms with Crippen LogP contribution in [-0.2, 0) is 38.3 Å². The molecule has 0 aromatic heterocycles. The van der Waals surface area contributed by atoms with Crippen molar-refractivity contribution in [1.29, 1.82) is 0 Å². The molecular weight excluding hydrogens is 849 g/mol. The Morgan fingerprint density at radius 3 is 1.48 bits per heavy atom. The van der Waals surface area contributed by atoms with Crippen molar-refractivity contribution in [3.05, 3.63) is 36.5 Å². The molecule has 382 valence electrons. The third-order valence-corrected chi connectivity index (χ3v) is 12.5. The van der Waals surface area contributed by atoms with Crippen LogP contribution in [0.3, 0.4) is 0 Å². The maximum Gasteiger partial charge on any atom is 0.397 e. The second-order valence-corrected chi connectivity index (χ2v) is 19.2. The Labute approximate surface area is 396 Å². The van der Waals surface area contributed by atoms with Gasteiger partial charge in [-0.05, 0) is 51.4 Å². The zero-order chi connectivity index (χ0) is 47.5. The van der Waals surface area contributed by atoms with Gasteiger partial charge >= 0.3 is 16.4 Å². The van der Waals surface area contributed by atoms with E-state index in [2.05, 4.69) is 54.5 Å². The summed E-state index contributed by atoms with van der Waals surface area (Å²) in [6, 6.07) is 0. The number of aliphatic hydroxyl groups is 3. The monoisotopic (exact) mass is 945 g/mol. The van der Waals surface area contributed by atoms with Gasteiger partial charge in [0.05, 0.1) is 19.8 Å². The summed E-state index contributed by atoms with van der Waals surface area (Å²) in [4.78, 5) is 12.9. The fourth-order valence-electron chi connectivity index (χ4n) is 8.03. The molecular formula is C52H96O12S. The quantitative estimate of drug-likeness (QED) is 0.0197. The molecule has 1 saturated heterocycles. The van der Waals surface area contributed by atoms with Crippen LogP contribution in [0.5, 0.6) is 0 Å². The minimum Gasteiger partial charge on any atom is -0.457 e. The minimum atomic E-state index is -5.06. The molecule has 1 heterocycles. The van der Waals surface area contributed by atoms with E-state index >= 15 is 0 Å². The number of allylic oxidation sites excluding steroid dienone is 6. The summed E-state index contributed by atoms with van der Waals surface area (Å²) in [7, 11) is -5.06. The van der Waals surface area contributed by atoms with Crippen molar-refractivity contribution >= 4 is 16.4 Å². The van der Waals surface area contributed by atoms with Gasteiger partial charge in [0, 0.05) is 13.0 Å². The molecule has 65 heavy (non-hydrogen) atoms. The van der Waals surface area contributed by atoms with E-state index in [0.717, 1.165) is 57.8 Å². The van der Waals surface area contributed by atoms with E-state index in [0.29, 0.717) is 13.0 Å². The average Bonchev–Trinajstić information content (AvgIpc) is 3.28. The summed E-state index contributed by atoms with van der Waals surface area (Å²) in [6.07, 6.45) is 43.1. The topological polar surface area (TPSA) is 178 Å². The van der Waals surface area contributed by atoms with Gasteiger partial charge in [-0.25, -0.2) is 4.18 Å². The highest BCUT2D eigenvalue weighted by molar-refractivity contribution is 7.80. The molecule has 0 radical (unpaired) electrons. The second kappa shape index (κ2) is 43.6. The molecule has 1 rings (SSSR count). The lowest BCUT2D eigenvalue weighted by molar-refractivity contribution is -0.301. The predicted octanol–water partition coefficient (Wildman–Crippen LogP) is 12.1. The molecule has 0 aliphatic carbocycles. The Morgan fingerprint density at radius 2 is 1.02 bits per heavy atom. The van der Waals surface area contributed by atoms with E-state index < -0.39 is 59.8 Å². The molecule has 13 heteroatoms. The fourth-order valence-corrected chi connectivity index (χ4v) is 8.54. The first-order valence-corrected chi connectivity index (χ1v) is 27.6. The molecule has 1 aliphatic heterocycles. The molecule has 0 aromatic carbocycles. The number of carbonyl (C=O) groups excluding carboxylic acids is 1. The predicted molar refractivity (Wildman–Crippen MR) is 262 cm³/mol. The third-order valence-electron chi connectivity index (χ3n) is 12.0. The van der Waals surface area contributed by atoms with E-state index in [1.165, 1.54) is 141 Å². The smallest absolute Gasteiger partial charge is 0.397 e. The molecule has 1 aliphatic rings. The average molecular weight is 945 g/mol. The van der Waals surface area contributed by atoms with Gasteiger partial charge in [-0.3, -0.25) is 9.35 Å². The zero-order valence-corrected chi connectivity index (χ0v) is 41.9. The lowest BCUT2D eigenvalue weighted by Gasteiger charge is -2.41. The Bertz CT molecular complexity index is 1270. The summed E-state index contributed by atoms with van der Waals surface area (Å²) in [5.41, 5.74) is 0. The number of hydrogen-bond acceptors (Lipinski definition) is 11. The summed E-state index contributed by atoms with van der Waals surface area (Å²) in [5, 5.41) is 30.8. The number of rotatable bonds is 46. The van der Waals surface area contributed by atoms with Gasteiger partial charge in [-0.1, -0.05) is 204 Å². The molecule has 0 spiro atoms. The van der Waals surface area contributed by atoms with Crippen molar-refractivity contribution in [3.63, 3.8) is 0 Å². The highest BCUT2D eigenvalue weighted by atomic mass is 32.3. The third kappa shape index (κ3) is 37.0. The largest absolute Gasteiger partial charge is 0.457 e. The van der Waals surface area contributed by atoms with Gasteiger partial charge in [-0.15, -0.1) is 0 Å². The lowest BCUT2D eigenvalue weighted by Crippen LogP contribution is -2.60. The summed E-state index contributed by atoms with van der Waals surface area (Å²) in [5.74, 6) is -0.403. The number of carbonyl (C=O) groups is 1. The van der Waals surface area contributed by atoms with Crippen LogP contribution in [0, 0.1) is 0 Å². The first kappa shape index (κ1) is 61.3. The van der Waals surface area contributed by atoms with Crippen molar-refractivity contribution in [1.82, 2.24) is 0 Å². The van der Waals surface area contributed by atoms with Gasteiger partial charge in [0.2, 0.25) is 0 Å². The number of ether oxygens (including phenoxy) is 4. The Balaban J connectivity index is 2.34. The Hall–Kier alpha value is -1.68. The van der Waals surface area contributed by atoms with Crippen LogP contribution in [0.25, 0.3) is 0 Å². The van der Waals surface area contributed by atoms with Crippen LogP contribution in [0.1, 0.15) is 226 Å². The van der Waals surface area contributed by atoms with Gasteiger partial charge in [0.15, 0.2) is 6.29 Å². The van der Waals surface area contributed by atoms with E-state index in [-0.39, 0.29) is 19.6 Å². The highest BCUT2D eigenvalue weighted by Gasteiger charge is 2.48. The Kier molecular flexibility index (Phi) is 41.1. The standard InChI is InChI=1S/C52H96O12S/c1-3-5-7-9-11-13-15-17-19-20-21-22-23-24-25-26-27-29-31-33-35-37-39-41-48(54)62-46(45-61-52-50(56)51(64-65(57,58)59)49(55)47(43-53)63-52)44-60-42-40-38-36-34-32-30-28-18-16-14-12-10-8-6-4-2/h15,17,20-21,23-24,46-47,49-53,55-56H,3-14,16,18-19,22,25-45H2,1-2H3,(H,57,58,59)/b17-15-,21-20-,24-23-. The molecule has 4 N–H and O–H groups in total. The zero-order valence-electron chi connectivity index (χ0n) is 41.1. The van der Waals surface area contributed by atoms with Crippen molar-refractivity contribution in [2.45, 2.75) is 263 Å². The van der Waals surface area contributed by atoms with Crippen LogP contribution in [0.4, 0.5) is 0 Å². The molecule has 6 unspecified atom stereocenters. The summed E-state index contributed by atoms with van der Waals surface area (Å²) < 4.78 is 59.3. The molecule has 0 amide bonds. The number of unbranched alkanes of at least 4 members (excludes halogenated alkanes) is 27. The number of aliphatic hydroxyl groups excluding tert-OH is 3. The molecule has 1 fully saturated rings. The van der Waals surface area contributed by atoms with E-state index in [4.69, 9.17) is 18.9 Å². The molecule has 0 bridgehead atoms. The molecule has 0 saturated carbocycles. The van der Waals surface area contributed by atoms with Crippen LogP contribution >= 0.6 is 0 Å². The van der Waals surface area contributed by atoms with Crippen molar-refractivity contribution in [2.24, 2.45) is 0 Å². The SMILES string of the molecule is CCCCCCC/C=C\C/C=C\C/C=C\CCCCCCCCCCC(=O)OC(COCCCCCCCCCCCCCCCCC)COC1OC(CO)C(O)C(OS(=O)(=O)O)C1O. The van der Waals surface area contributed by atoms with Gasteiger partial charge in [-0.2, -0.15) is 8.42 Å². The maximum absolute atomic E-state index is 12.9. The lowest BCUT2D eigenvalue weighted by atomic mass is 9.99. The van der Waals surface area contributed by atoms with Gasteiger partial charge in [0.1, 0.15) is 30.5 Å². The summed E-state index contributed by atoms with van der Waals surface area (Å²) in [6.45, 7) is 4.00. The molecule has 12 nitrogen and oxygen atoms in total. The second-order valence-electron chi connectivity index (χ2n) is 18.1. The first-order valence-electron chi connectivity index (χ1n) is 26.2. The maximum atomic E-state index is 12.9. The van der Waals surface area contributed by atoms with E-state index in [1.807, 2.05) is 0 Å². The summed E-state index contributed by atoms with van der Waals surface area (Å²) >= 11 is 0. The van der Waals surface area contributed by atoms with Gasteiger partial charge < -0.3 is 34.3 Å². The Morgan fingerprint density at radius 1 is 0.585 bits per heavy atom. The van der Waals surface area contributed by atoms with Crippen molar-refractivity contribution in [2.75, 3.05) is 26.4 Å². The highest BCUT2D eigenvalue weighted by Crippen LogP contribution is 2.26. The van der Waals surface area contributed by atoms with E-state index in [1.54, 1.807) is 0 Å². The number of esters is 1. The van der Waals surface area contributed by atoms with Crippen molar-refractivity contribution in [3.8, 4) is 0 Å². The van der Waals surface area contributed by atoms with E-state index in [9.17, 15) is 33.1 Å². The van der Waals surface area contributed by atoms with Crippen LogP contribution in [0.2, 0.25) is 0 Å². The fraction of sp³-hybridized carbons (Fsp3) is 0.865. The first-order chi connectivity index (χ1) is 31.6. The van der Waals surface area contributed by atoms with Gasteiger partial charge in [0.25, 0.3) is 0 Å². The minimum absolute atomic E-state index is 0.0359. The molecule has 0 aromatic rings. The van der Waals surface area contributed by atoms with Crippen LogP contribution in [0.15, 0.2) is 36.5 Å². The van der Waals surface area contributed by atoms with Crippen LogP contribution < -0.4 is 0 Å². The molecule has 6 atom stereocenters.